The van der Waals surface area contributed by atoms with Crippen LogP contribution in [-0.4, -0.2) is 41.3 Å². The number of hydrogen-bond donors (Lipinski definition) is 1. The second kappa shape index (κ2) is 9.66. The van der Waals surface area contributed by atoms with E-state index in [-0.39, 0.29) is 12.1 Å². The second-order valence-corrected chi connectivity index (χ2v) is 6.61. The zero-order chi connectivity index (χ0) is 22.4. The Morgan fingerprint density at radius 3 is 2.48 bits per heavy atom. The summed E-state index contributed by atoms with van der Waals surface area (Å²) in [7, 11) is 0. The normalized spacial score (nSPS) is 15.9. The lowest BCUT2D eigenvalue weighted by atomic mass is 10.2. The summed E-state index contributed by atoms with van der Waals surface area (Å²) in [5, 5.41) is 0.820. The molecule has 1 atom stereocenters. The largest absolute Gasteiger partial charge is 0.484 e. The van der Waals surface area contributed by atoms with Crippen LogP contribution < -0.4 is 15.1 Å². The van der Waals surface area contributed by atoms with Crippen molar-refractivity contribution in [3.8, 4) is 5.75 Å². The minimum absolute atomic E-state index is 0.177. The summed E-state index contributed by atoms with van der Waals surface area (Å²) in [4.78, 5) is 51.2. The zero-order valence-corrected chi connectivity index (χ0v) is 16.7. The molecule has 1 aliphatic rings. The van der Waals surface area contributed by atoms with Crippen molar-refractivity contribution < 1.29 is 28.3 Å². The van der Waals surface area contributed by atoms with Gasteiger partial charge in [-0.3, -0.25) is 24.6 Å². The number of carbonyl (C=O) groups is 4. The maximum atomic E-state index is 13.2. The Kier molecular flexibility index (Phi) is 6.76. The van der Waals surface area contributed by atoms with Gasteiger partial charge in [0.1, 0.15) is 17.6 Å². The van der Waals surface area contributed by atoms with Crippen LogP contribution in [0.1, 0.15) is 13.3 Å². The summed E-state index contributed by atoms with van der Waals surface area (Å²) >= 11 is 0. The van der Waals surface area contributed by atoms with E-state index in [9.17, 15) is 23.6 Å². The average Bonchev–Trinajstić information content (AvgIpc) is 3.06. The first-order valence-corrected chi connectivity index (χ1v) is 9.46. The molecular formula is C22H20FN3O5. The van der Waals surface area contributed by atoms with Gasteiger partial charge in [-0.1, -0.05) is 24.3 Å². The molecule has 31 heavy (non-hydrogen) atoms. The van der Waals surface area contributed by atoms with Crippen LogP contribution in [0.4, 0.5) is 10.1 Å². The molecule has 0 aliphatic carbocycles. The summed E-state index contributed by atoms with van der Waals surface area (Å²) in [6.45, 7) is 1.20. The smallest absolute Gasteiger partial charge is 0.276 e. The van der Waals surface area contributed by atoms with Crippen molar-refractivity contribution in [1.82, 2.24) is 10.4 Å². The number of amides is 4. The molecule has 9 heteroatoms. The summed E-state index contributed by atoms with van der Waals surface area (Å²) in [6.07, 6.45) is 2.27. The number of imide groups is 1. The van der Waals surface area contributed by atoms with Gasteiger partial charge in [0.15, 0.2) is 6.61 Å². The third-order valence-corrected chi connectivity index (χ3v) is 4.42. The number of para-hydroxylation sites is 1. The molecule has 2 aromatic rings. The molecule has 1 unspecified atom stereocenters. The molecule has 0 aromatic heterocycles. The molecule has 2 aromatic carbocycles. The standard InChI is InChI=1S/C22H20FN3O5/c1-2-6-20(28)26(24-19(27)14-31-17-7-4-3-5-8-17)18-13-21(29)25(22(18)30)16-11-9-15(23)10-12-16/h2-12,18H,13-14H2,1H3,(H,24,27). The predicted octanol–water partition coefficient (Wildman–Crippen LogP) is 1.97. The number of carbonyl (C=O) groups excluding carboxylic acids is 4. The molecule has 3 rings (SSSR count). The average molecular weight is 425 g/mol. The van der Waals surface area contributed by atoms with Gasteiger partial charge in [-0.2, -0.15) is 0 Å². The Bertz CT molecular complexity index is 1010. The van der Waals surface area contributed by atoms with Crippen LogP contribution in [-0.2, 0) is 19.2 Å². The molecule has 4 amide bonds. The van der Waals surface area contributed by atoms with E-state index in [1.165, 1.54) is 18.2 Å². The van der Waals surface area contributed by atoms with Gasteiger partial charge < -0.3 is 4.74 Å². The third-order valence-electron chi connectivity index (χ3n) is 4.42. The number of halogens is 1. The van der Waals surface area contributed by atoms with E-state index in [4.69, 9.17) is 4.74 Å². The van der Waals surface area contributed by atoms with Crippen molar-refractivity contribution in [2.75, 3.05) is 11.5 Å². The second-order valence-electron chi connectivity index (χ2n) is 6.61. The SMILES string of the molecule is CC=CC(=O)N(NC(=O)COc1ccccc1)C1CC(=O)N(c2ccc(F)cc2)C1=O. The summed E-state index contributed by atoms with van der Waals surface area (Å²) in [5.41, 5.74) is 2.53. The van der Waals surface area contributed by atoms with Crippen molar-refractivity contribution in [2.45, 2.75) is 19.4 Å². The number of nitrogens with zero attached hydrogens (tertiary/aromatic N) is 2. The maximum Gasteiger partial charge on any atom is 0.276 e. The van der Waals surface area contributed by atoms with Gasteiger partial charge in [0.05, 0.1) is 12.1 Å². The number of nitrogens with one attached hydrogen (secondary N) is 1. The highest BCUT2D eigenvalue weighted by molar-refractivity contribution is 6.23. The molecule has 0 spiro atoms. The quantitative estimate of drug-likeness (QED) is 0.434. The Morgan fingerprint density at radius 2 is 1.84 bits per heavy atom. The zero-order valence-electron chi connectivity index (χ0n) is 16.7. The highest BCUT2D eigenvalue weighted by Crippen LogP contribution is 2.25. The van der Waals surface area contributed by atoms with Crippen molar-refractivity contribution in [3.05, 3.63) is 72.6 Å². The number of anilines is 1. The lowest BCUT2D eigenvalue weighted by molar-refractivity contribution is -0.144. The highest BCUT2D eigenvalue weighted by Gasteiger charge is 2.45. The fraction of sp³-hybridized carbons (Fsp3) is 0.182. The van der Waals surface area contributed by atoms with Crippen LogP contribution in [0.15, 0.2) is 66.7 Å². The summed E-state index contributed by atoms with van der Waals surface area (Å²) in [6, 6.07) is 12.2. The van der Waals surface area contributed by atoms with E-state index in [0.29, 0.717) is 5.75 Å². The Balaban J connectivity index is 1.76. The highest BCUT2D eigenvalue weighted by atomic mass is 19.1. The fourth-order valence-corrected chi connectivity index (χ4v) is 3.02. The monoisotopic (exact) mass is 425 g/mol. The van der Waals surface area contributed by atoms with Gasteiger partial charge in [0.25, 0.3) is 17.7 Å². The van der Waals surface area contributed by atoms with Crippen molar-refractivity contribution in [1.29, 1.82) is 0 Å². The minimum Gasteiger partial charge on any atom is -0.484 e. The van der Waals surface area contributed by atoms with Crippen LogP contribution in [0.5, 0.6) is 5.75 Å². The van der Waals surface area contributed by atoms with E-state index in [1.807, 2.05) is 0 Å². The van der Waals surface area contributed by atoms with E-state index < -0.39 is 42.1 Å². The number of allylic oxidation sites excluding steroid dienone is 1. The van der Waals surface area contributed by atoms with Crippen LogP contribution in [0.25, 0.3) is 0 Å². The fourth-order valence-electron chi connectivity index (χ4n) is 3.02. The van der Waals surface area contributed by atoms with Gasteiger partial charge >= 0.3 is 0 Å². The van der Waals surface area contributed by atoms with Crippen molar-refractivity contribution >= 4 is 29.3 Å². The molecule has 1 heterocycles. The number of hydrogen-bond acceptors (Lipinski definition) is 5. The summed E-state index contributed by atoms with van der Waals surface area (Å²) < 4.78 is 18.5. The third kappa shape index (κ3) is 5.13. The first-order valence-electron chi connectivity index (χ1n) is 9.46. The minimum atomic E-state index is -1.25. The molecule has 8 nitrogen and oxygen atoms in total. The molecule has 0 saturated carbocycles. The first kappa shape index (κ1) is 21.7. The van der Waals surface area contributed by atoms with Crippen LogP contribution in [0.2, 0.25) is 0 Å². The molecule has 1 N–H and O–H groups in total. The van der Waals surface area contributed by atoms with E-state index >= 15 is 0 Å². The number of ether oxygens (including phenoxy) is 1. The van der Waals surface area contributed by atoms with Gasteiger partial charge in [-0.25, -0.2) is 14.3 Å². The molecule has 0 bridgehead atoms. The van der Waals surface area contributed by atoms with Gasteiger partial charge in [0.2, 0.25) is 5.91 Å². The number of hydrazine groups is 1. The molecule has 1 fully saturated rings. The molecule has 0 radical (unpaired) electrons. The van der Waals surface area contributed by atoms with Gasteiger partial charge in [0, 0.05) is 6.08 Å². The van der Waals surface area contributed by atoms with Crippen molar-refractivity contribution in [3.63, 3.8) is 0 Å². The molecule has 1 aliphatic heterocycles. The predicted molar refractivity (Wildman–Crippen MR) is 109 cm³/mol. The van der Waals surface area contributed by atoms with Gasteiger partial charge in [-0.15, -0.1) is 0 Å². The van der Waals surface area contributed by atoms with Crippen LogP contribution in [0, 0.1) is 5.82 Å². The molecule has 1 saturated heterocycles. The lowest BCUT2D eigenvalue weighted by Gasteiger charge is -2.26. The topological polar surface area (TPSA) is 96.0 Å². The van der Waals surface area contributed by atoms with E-state index in [2.05, 4.69) is 5.43 Å². The summed E-state index contributed by atoms with van der Waals surface area (Å²) in [5.74, 6) is -2.70. The lowest BCUT2D eigenvalue weighted by Crippen LogP contribution is -2.55. The Hall–Kier alpha value is -4.01. The number of benzene rings is 2. The van der Waals surface area contributed by atoms with Crippen LogP contribution in [0.3, 0.4) is 0 Å². The van der Waals surface area contributed by atoms with Crippen LogP contribution >= 0.6 is 0 Å². The Labute approximate surface area is 177 Å². The molecular weight excluding hydrogens is 405 g/mol. The Morgan fingerprint density at radius 1 is 1.16 bits per heavy atom. The van der Waals surface area contributed by atoms with E-state index in [0.717, 1.165) is 28.1 Å². The van der Waals surface area contributed by atoms with E-state index in [1.54, 1.807) is 37.3 Å². The van der Waals surface area contributed by atoms with Gasteiger partial charge in [-0.05, 0) is 43.3 Å². The maximum absolute atomic E-state index is 13.2. The molecule has 160 valence electrons. The van der Waals surface area contributed by atoms with Crippen molar-refractivity contribution in [2.24, 2.45) is 0 Å². The first-order chi connectivity index (χ1) is 14.9. The number of rotatable bonds is 6.